The summed E-state index contributed by atoms with van der Waals surface area (Å²) < 4.78 is 12.8. The van der Waals surface area contributed by atoms with Crippen molar-refractivity contribution in [3.05, 3.63) is 35.1 Å². The van der Waals surface area contributed by atoms with E-state index in [0.29, 0.717) is 11.1 Å². The molecule has 0 aliphatic heterocycles. The van der Waals surface area contributed by atoms with Gasteiger partial charge in [0.15, 0.2) is 0 Å². The van der Waals surface area contributed by atoms with Crippen LogP contribution >= 0.6 is 0 Å². The quantitative estimate of drug-likeness (QED) is 0.680. The second-order valence-electron chi connectivity index (χ2n) is 2.64. The third-order valence-corrected chi connectivity index (χ3v) is 1.68. The Morgan fingerprint density at radius 1 is 1.43 bits per heavy atom. The van der Waals surface area contributed by atoms with E-state index in [2.05, 4.69) is 11.8 Å². The monoisotopic (exact) mass is 188 g/mol. The largest absolute Gasteiger partial charge is 0.326 e. The Balaban J connectivity index is 2.99. The molecular formula is C11H9FN2. The number of rotatable bonds is 1. The third kappa shape index (κ3) is 2.58. The van der Waals surface area contributed by atoms with E-state index in [9.17, 15) is 4.39 Å². The van der Waals surface area contributed by atoms with Gasteiger partial charge in [-0.15, -0.1) is 0 Å². The zero-order valence-corrected chi connectivity index (χ0v) is 7.55. The van der Waals surface area contributed by atoms with Crippen LogP contribution in [0.15, 0.2) is 18.2 Å². The maximum absolute atomic E-state index is 12.8. The minimum absolute atomic E-state index is 0.168. The lowest BCUT2D eigenvalue weighted by atomic mass is 10.1. The molecule has 0 saturated heterocycles. The summed E-state index contributed by atoms with van der Waals surface area (Å²) in [7, 11) is 0. The van der Waals surface area contributed by atoms with Crippen LogP contribution in [-0.2, 0) is 6.54 Å². The first-order valence-corrected chi connectivity index (χ1v) is 4.12. The topological polar surface area (TPSA) is 49.8 Å². The molecule has 0 aliphatic rings. The number of halogens is 1. The lowest BCUT2D eigenvalue weighted by molar-refractivity contribution is 0.625. The first-order valence-electron chi connectivity index (χ1n) is 4.12. The van der Waals surface area contributed by atoms with Crippen molar-refractivity contribution in [3.8, 4) is 17.9 Å². The van der Waals surface area contributed by atoms with Crippen molar-refractivity contribution in [2.24, 2.45) is 5.73 Å². The zero-order chi connectivity index (χ0) is 10.4. The summed E-state index contributed by atoms with van der Waals surface area (Å²) in [6.07, 6.45) is 0.168. The van der Waals surface area contributed by atoms with Gasteiger partial charge in [0.05, 0.1) is 12.5 Å². The molecule has 2 N–H and O–H groups in total. The molecule has 0 bridgehead atoms. The normalized spacial score (nSPS) is 8.64. The van der Waals surface area contributed by atoms with Gasteiger partial charge in [-0.2, -0.15) is 5.26 Å². The Bertz CT molecular complexity index is 421. The van der Waals surface area contributed by atoms with Gasteiger partial charge in [0, 0.05) is 12.1 Å². The molecule has 0 unspecified atom stereocenters. The molecule has 0 heterocycles. The van der Waals surface area contributed by atoms with Gasteiger partial charge in [0.1, 0.15) is 5.82 Å². The summed E-state index contributed by atoms with van der Waals surface area (Å²) in [5.41, 5.74) is 6.77. The van der Waals surface area contributed by atoms with E-state index in [1.165, 1.54) is 12.1 Å². The standard InChI is InChI=1S/C11H9FN2/c12-11-5-4-9(3-1-2-6-13)10(7-11)8-14/h4-5,7H,2,8,14H2. The minimum atomic E-state index is -0.323. The van der Waals surface area contributed by atoms with Crippen LogP contribution in [0.3, 0.4) is 0 Å². The highest BCUT2D eigenvalue weighted by Crippen LogP contribution is 2.09. The molecule has 3 heteroatoms. The number of hydrogen-bond acceptors (Lipinski definition) is 2. The molecule has 0 saturated carbocycles. The number of nitrogens with zero attached hydrogens (tertiary/aromatic N) is 1. The molecule has 14 heavy (non-hydrogen) atoms. The van der Waals surface area contributed by atoms with Crippen LogP contribution in [-0.4, -0.2) is 0 Å². The van der Waals surface area contributed by atoms with E-state index >= 15 is 0 Å². The third-order valence-electron chi connectivity index (χ3n) is 1.68. The highest BCUT2D eigenvalue weighted by Gasteiger charge is 1.99. The Kier molecular flexibility index (Phi) is 3.67. The Hall–Kier alpha value is -1.84. The second-order valence-corrected chi connectivity index (χ2v) is 2.64. The summed E-state index contributed by atoms with van der Waals surface area (Å²) in [5, 5.41) is 8.28. The number of nitrogens with two attached hydrogens (primary N) is 1. The fourth-order valence-electron chi connectivity index (χ4n) is 1.03. The van der Waals surface area contributed by atoms with E-state index in [-0.39, 0.29) is 18.8 Å². The first kappa shape index (κ1) is 10.2. The Morgan fingerprint density at radius 3 is 2.86 bits per heavy atom. The SMILES string of the molecule is N#CCC#Cc1ccc(F)cc1CN. The molecule has 2 nitrogen and oxygen atoms in total. The summed E-state index contributed by atoms with van der Waals surface area (Å²) in [5.74, 6) is 5.11. The maximum Gasteiger partial charge on any atom is 0.123 e. The van der Waals surface area contributed by atoms with Crippen LogP contribution in [0.5, 0.6) is 0 Å². The number of nitriles is 1. The molecule has 1 rings (SSSR count). The second kappa shape index (κ2) is 5.01. The molecule has 0 aromatic heterocycles. The first-order chi connectivity index (χ1) is 6.77. The van der Waals surface area contributed by atoms with Gasteiger partial charge >= 0.3 is 0 Å². The highest BCUT2D eigenvalue weighted by atomic mass is 19.1. The van der Waals surface area contributed by atoms with Crippen molar-refractivity contribution < 1.29 is 4.39 Å². The van der Waals surface area contributed by atoms with Crippen molar-refractivity contribution in [1.29, 1.82) is 5.26 Å². The predicted molar refractivity (Wildman–Crippen MR) is 51.4 cm³/mol. The van der Waals surface area contributed by atoms with Crippen LogP contribution in [0, 0.1) is 29.0 Å². The van der Waals surface area contributed by atoms with E-state index in [4.69, 9.17) is 11.0 Å². The minimum Gasteiger partial charge on any atom is -0.326 e. The smallest absolute Gasteiger partial charge is 0.123 e. The molecule has 0 atom stereocenters. The molecule has 0 radical (unpaired) electrons. The van der Waals surface area contributed by atoms with Crippen molar-refractivity contribution in [2.45, 2.75) is 13.0 Å². The van der Waals surface area contributed by atoms with E-state index in [1.807, 2.05) is 6.07 Å². The Labute approximate surface area is 82.2 Å². The lowest BCUT2D eigenvalue weighted by Crippen LogP contribution is -1.99. The molecule has 0 aliphatic carbocycles. The maximum atomic E-state index is 12.8. The molecular weight excluding hydrogens is 179 g/mol. The lowest BCUT2D eigenvalue weighted by Gasteiger charge is -2.00. The zero-order valence-electron chi connectivity index (χ0n) is 7.55. The van der Waals surface area contributed by atoms with Gasteiger partial charge in [0.25, 0.3) is 0 Å². The fraction of sp³-hybridized carbons (Fsp3) is 0.182. The average Bonchev–Trinajstić information content (AvgIpc) is 2.20. The van der Waals surface area contributed by atoms with Gasteiger partial charge in [-0.25, -0.2) is 4.39 Å². The van der Waals surface area contributed by atoms with Crippen LogP contribution in [0.25, 0.3) is 0 Å². The van der Waals surface area contributed by atoms with Gasteiger partial charge in [-0.05, 0) is 23.8 Å². The number of benzene rings is 1. The van der Waals surface area contributed by atoms with Crippen molar-refractivity contribution in [1.82, 2.24) is 0 Å². The van der Waals surface area contributed by atoms with Gasteiger partial charge in [-0.1, -0.05) is 11.8 Å². The molecule has 0 spiro atoms. The summed E-state index contributed by atoms with van der Waals surface area (Å²) in [4.78, 5) is 0. The molecule has 70 valence electrons. The molecule has 0 amide bonds. The summed E-state index contributed by atoms with van der Waals surface area (Å²) >= 11 is 0. The van der Waals surface area contributed by atoms with Crippen molar-refractivity contribution in [3.63, 3.8) is 0 Å². The van der Waals surface area contributed by atoms with Gasteiger partial charge in [0.2, 0.25) is 0 Å². The van der Waals surface area contributed by atoms with Crippen LogP contribution in [0.4, 0.5) is 4.39 Å². The van der Waals surface area contributed by atoms with Crippen LogP contribution < -0.4 is 5.73 Å². The van der Waals surface area contributed by atoms with E-state index in [0.717, 1.165) is 0 Å². The molecule has 1 aromatic carbocycles. The predicted octanol–water partition coefficient (Wildman–Crippen LogP) is 1.55. The van der Waals surface area contributed by atoms with Crippen LogP contribution in [0.1, 0.15) is 17.5 Å². The van der Waals surface area contributed by atoms with Gasteiger partial charge < -0.3 is 5.73 Å². The average molecular weight is 188 g/mol. The highest BCUT2D eigenvalue weighted by molar-refractivity contribution is 5.41. The van der Waals surface area contributed by atoms with E-state index < -0.39 is 0 Å². The van der Waals surface area contributed by atoms with Crippen molar-refractivity contribution >= 4 is 0 Å². The Morgan fingerprint density at radius 2 is 2.21 bits per heavy atom. The number of hydrogen-bond donors (Lipinski definition) is 1. The van der Waals surface area contributed by atoms with Crippen LogP contribution in [0.2, 0.25) is 0 Å². The molecule has 0 fully saturated rings. The van der Waals surface area contributed by atoms with Crippen molar-refractivity contribution in [2.75, 3.05) is 0 Å². The summed E-state index contributed by atoms with van der Waals surface area (Å²) in [6, 6.07) is 6.17. The van der Waals surface area contributed by atoms with Gasteiger partial charge in [-0.3, -0.25) is 0 Å². The fourth-order valence-corrected chi connectivity index (χ4v) is 1.03. The van der Waals surface area contributed by atoms with E-state index in [1.54, 1.807) is 6.07 Å². The molecule has 1 aromatic rings. The summed E-state index contributed by atoms with van der Waals surface area (Å²) in [6.45, 7) is 0.244.